The molecule has 0 saturated heterocycles. The van der Waals surface area contributed by atoms with Gasteiger partial charge in [0.2, 0.25) is 0 Å². The van der Waals surface area contributed by atoms with Gasteiger partial charge in [-0.3, -0.25) is 0 Å². The van der Waals surface area contributed by atoms with Gasteiger partial charge in [0.1, 0.15) is 6.10 Å². The number of esters is 1. The fraction of sp³-hybridized carbons (Fsp3) is 0.966. The van der Waals surface area contributed by atoms with Crippen molar-refractivity contribution in [2.24, 2.45) is 0 Å². The highest BCUT2D eigenvalue weighted by Crippen LogP contribution is 2.17. The number of ether oxygens (including phenoxy) is 1. The Morgan fingerprint density at radius 1 is 0.576 bits per heavy atom. The first-order chi connectivity index (χ1) is 15.9. The molecule has 0 N–H and O–H groups in total. The van der Waals surface area contributed by atoms with E-state index >= 15 is 0 Å². The summed E-state index contributed by atoms with van der Waals surface area (Å²) < 4.78 is 10.9. The van der Waals surface area contributed by atoms with Crippen LogP contribution < -0.4 is 0 Å². The summed E-state index contributed by atoms with van der Waals surface area (Å²) >= 11 is 0. The van der Waals surface area contributed by atoms with Gasteiger partial charge in [-0.1, -0.05) is 142 Å². The van der Waals surface area contributed by atoms with Gasteiger partial charge in [-0.15, -0.1) is 0 Å². The number of methoxy groups -OCH3 is 1. The van der Waals surface area contributed by atoms with Gasteiger partial charge < -0.3 is 9.16 Å². The molecule has 0 aromatic carbocycles. The molecular formula is C29H60O3Si. The van der Waals surface area contributed by atoms with Crippen LogP contribution in [0.25, 0.3) is 0 Å². The Balaban J connectivity index is 3.33. The molecule has 33 heavy (non-hydrogen) atoms. The molecule has 1 atom stereocenters. The van der Waals surface area contributed by atoms with E-state index in [9.17, 15) is 4.79 Å². The van der Waals surface area contributed by atoms with Crippen LogP contribution in [0.3, 0.4) is 0 Å². The second-order valence-corrected chi connectivity index (χ2v) is 15.6. The highest BCUT2D eigenvalue weighted by atomic mass is 28.4. The first-order valence-electron chi connectivity index (χ1n) is 14.7. The minimum atomic E-state index is -1.72. The Labute approximate surface area is 209 Å². The van der Waals surface area contributed by atoms with Gasteiger partial charge in [-0.05, 0) is 26.1 Å². The number of hydrogen-bond donors (Lipinski definition) is 0. The molecule has 0 saturated carbocycles. The fourth-order valence-electron chi connectivity index (χ4n) is 4.54. The van der Waals surface area contributed by atoms with Crippen LogP contribution in [-0.4, -0.2) is 27.5 Å². The molecule has 0 spiro atoms. The predicted octanol–water partition coefficient (Wildman–Crippen LogP) is 9.98. The predicted molar refractivity (Wildman–Crippen MR) is 147 cm³/mol. The Hall–Kier alpha value is -0.353. The zero-order chi connectivity index (χ0) is 24.6. The first-order valence-corrected chi connectivity index (χ1v) is 18.1. The average molecular weight is 485 g/mol. The molecule has 3 nitrogen and oxygen atoms in total. The molecule has 0 bridgehead atoms. The van der Waals surface area contributed by atoms with E-state index in [0.717, 1.165) is 12.8 Å². The van der Waals surface area contributed by atoms with E-state index in [-0.39, 0.29) is 12.1 Å². The second kappa shape index (κ2) is 23.4. The van der Waals surface area contributed by atoms with Gasteiger partial charge in [0, 0.05) is 0 Å². The molecule has 4 heteroatoms. The van der Waals surface area contributed by atoms with E-state index < -0.39 is 8.32 Å². The standard InChI is InChI=1S/C29H60O3Si/c1-6-7-8-9-10-11-12-13-14-15-16-17-18-19-20-21-22-23-24-25-26-27-28(29(30)31-2)32-33(3,4)5/h28H,6-27H2,1-5H3. The molecule has 0 aliphatic heterocycles. The van der Waals surface area contributed by atoms with E-state index in [2.05, 4.69) is 26.6 Å². The van der Waals surface area contributed by atoms with E-state index in [0.29, 0.717) is 0 Å². The van der Waals surface area contributed by atoms with Crippen LogP contribution in [0.2, 0.25) is 19.6 Å². The lowest BCUT2D eigenvalue weighted by Crippen LogP contribution is -2.37. The Kier molecular flexibility index (Phi) is 23.1. The van der Waals surface area contributed by atoms with Crippen molar-refractivity contribution in [3.8, 4) is 0 Å². The minimum Gasteiger partial charge on any atom is -0.467 e. The van der Waals surface area contributed by atoms with E-state index in [1.54, 1.807) is 0 Å². The quantitative estimate of drug-likeness (QED) is 0.0734. The van der Waals surface area contributed by atoms with E-state index in [1.807, 2.05) is 0 Å². The van der Waals surface area contributed by atoms with Crippen molar-refractivity contribution in [2.45, 2.75) is 174 Å². The minimum absolute atomic E-state index is 0.203. The largest absolute Gasteiger partial charge is 0.467 e. The summed E-state index contributed by atoms with van der Waals surface area (Å²) in [7, 11) is -0.258. The van der Waals surface area contributed by atoms with Crippen molar-refractivity contribution in [2.75, 3.05) is 7.11 Å². The van der Waals surface area contributed by atoms with Gasteiger partial charge in [0.25, 0.3) is 0 Å². The zero-order valence-corrected chi connectivity index (χ0v) is 24.4. The van der Waals surface area contributed by atoms with Crippen LogP contribution in [0.5, 0.6) is 0 Å². The monoisotopic (exact) mass is 484 g/mol. The number of rotatable bonds is 25. The summed E-state index contributed by atoms with van der Waals surface area (Å²) in [6, 6.07) is 0. The molecule has 0 radical (unpaired) electrons. The van der Waals surface area contributed by atoms with Crippen LogP contribution in [0.15, 0.2) is 0 Å². The van der Waals surface area contributed by atoms with Gasteiger partial charge in [0.05, 0.1) is 7.11 Å². The Bertz CT molecular complexity index is 420. The average Bonchev–Trinajstić information content (AvgIpc) is 2.78. The summed E-state index contributed by atoms with van der Waals surface area (Å²) in [5.41, 5.74) is 0. The second-order valence-electron chi connectivity index (χ2n) is 11.1. The topological polar surface area (TPSA) is 35.5 Å². The molecule has 0 aromatic heterocycles. The maximum absolute atomic E-state index is 11.9. The van der Waals surface area contributed by atoms with Crippen molar-refractivity contribution in [1.82, 2.24) is 0 Å². The van der Waals surface area contributed by atoms with Crippen LogP contribution in [0.4, 0.5) is 0 Å². The van der Waals surface area contributed by atoms with Crippen LogP contribution in [0, 0.1) is 0 Å². The number of carbonyl (C=O) groups excluding carboxylic acids is 1. The summed E-state index contributed by atoms with van der Waals surface area (Å²) in [6.07, 6.45) is 29.7. The molecule has 0 aliphatic carbocycles. The van der Waals surface area contributed by atoms with Crippen LogP contribution in [-0.2, 0) is 14.0 Å². The third-order valence-electron chi connectivity index (χ3n) is 6.53. The fourth-order valence-corrected chi connectivity index (χ4v) is 5.61. The van der Waals surface area contributed by atoms with Gasteiger partial charge in [-0.25, -0.2) is 4.79 Å². The highest BCUT2D eigenvalue weighted by Gasteiger charge is 2.26. The Morgan fingerprint density at radius 2 is 0.879 bits per heavy atom. The first kappa shape index (κ1) is 32.6. The van der Waals surface area contributed by atoms with Gasteiger partial charge in [0.15, 0.2) is 8.32 Å². The smallest absolute Gasteiger partial charge is 0.333 e. The van der Waals surface area contributed by atoms with Gasteiger partial charge >= 0.3 is 5.97 Å². The molecule has 0 aliphatic rings. The lowest BCUT2D eigenvalue weighted by molar-refractivity contribution is -0.149. The molecule has 0 rings (SSSR count). The molecule has 1 unspecified atom stereocenters. The van der Waals surface area contributed by atoms with E-state index in [4.69, 9.17) is 9.16 Å². The number of hydrogen-bond acceptors (Lipinski definition) is 3. The molecule has 0 aromatic rings. The van der Waals surface area contributed by atoms with Crippen LogP contribution >= 0.6 is 0 Å². The molecule has 0 heterocycles. The highest BCUT2D eigenvalue weighted by molar-refractivity contribution is 6.69. The molecule has 198 valence electrons. The molecular weight excluding hydrogens is 424 g/mol. The van der Waals surface area contributed by atoms with Crippen molar-refractivity contribution in [3.63, 3.8) is 0 Å². The normalized spacial score (nSPS) is 12.8. The summed E-state index contributed by atoms with van der Waals surface area (Å²) in [5.74, 6) is -0.203. The third-order valence-corrected chi connectivity index (χ3v) is 7.52. The zero-order valence-electron chi connectivity index (χ0n) is 23.4. The number of carbonyl (C=O) groups is 1. The maximum Gasteiger partial charge on any atom is 0.333 e. The SMILES string of the molecule is CCCCCCCCCCCCCCCCCCCCCCCC(O[Si](C)(C)C)C(=O)OC. The van der Waals surface area contributed by atoms with Crippen molar-refractivity contribution in [3.05, 3.63) is 0 Å². The summed E-state index contributed by atoms with van der Waals surface area (Å²) in [5, 5.41) is 0. The molecule has 0 amide bonds. The third kappa shape index (κ3) is 24.6. The van der Waals surface area contributed by atoms with E-state index in [1.165, 1.54) is 136 Å². The Morgan fingerprint density at radius 3 is 1.15 bits per heavy atom. The maximum atomic E-state index is 11.9. The lowest BCUT2D eigenvalue weighted by atomic mass is 10.0. The van der Waals surface area contributed by atoms with Crippen molar-refractivity contribution in [1.29, 1.82) is 0 Å². The summed E-state index contributed by atoms with van der Waals surface area (Å²) in [6.45, 7) is 8.67. The van der Waals surface area contributed by atoms with Crippen molar-refractivity contribution < 1.29 is 14.0 Å². The van der Waals surface area contributed by atoms with Crippen LogP contribution in [0.1, 0.15) is 148 Å². The van der Waals surface area contributed by atoms with Gasteiger partial charge in [-0.2, -0.15) is 0 Å². The molecule has 0 fully saturated rings. The van der Waals surface area contributed by atoms with Crippen molar-refractivity contribution >= 4 is 14.3 Å². The number of unbranched alkanes of at least 4 members (excludes halogenated alkanes) is 20. The lowest BCUT2D eigenvalue weighted by Gasteiger charge is -2.24. The summed E-state index contributed by atoms with van der Waals surface area (Å²) in [4.78, 5) is 11.9.